The minimum absolute atomic E-state index is 0.321. The Hall–Kier alpha value is -2.33. The SMILES string of the molecule is CC(C)Cc1ncc(-c2cnc(N)c(OC(F)(F)F)c2)[nH]1.CN1CCN(C2CC3C[C@H]3C2)CC1. The van der Waals surface area contributed by atoms with Gasteiger partial charge in [0.15, 0.2) is 11.6 Å². The lowest BCUT2D eigenvalue weighted by Crippen LogP contribution is -2.48. The number of aromatic amines is 1. The maximum Gasteiger partial charge on any atom is 0.573 e. The van der Waals surface area contributed by atoms with Gasteiger partial charge in [-0.05, 0) is 50.1 Å². The Kier molecular flexibility index (Phi) is 7.37. The molecule has 3 atom stereocenters. The van der Waals surface area contributed by atoms with Crippen LogP contribution in [-0.4, -0.2) is 70.4 Å². The van der Waals surface area contributed by atoms with Crippen LogP contribution in [0.1, 0.15) is 38.9 Å². The molecule has 34 heavy (non-hydrogen) atoms. The lowest BCUT2D eigenvalue weighted by atomic mass is 10.1. The van der Waals surface area contributed by atoms with Gasteiger partial charge >= 0.3 is 6.36 Å². The van der Waals surface area contributed by atoms with Crippen molar-refractivity contribution in [3.63, 3.8) is 0 Å². The number of piperazine rings is 1. The smallest absolute Gasteiger partial charge is 0.402 e. The van der Waals surface area contributed by atoms with E-state index in [1.54, 1.807) is 12.6 Å². The van der Waals surface area contributed by atoms with Gasteiger partial charge < -0.3 is 20.4 Å². The van der Waals surface area contributed by atoms with Crippen LogP contribution in [0.4, 0.5) is 19.0 Å². The fourth-order valence-corrected chi connectivity index (χ4v) is 4.98. The number of hydrogen-bond donors (Lipinski definition) is 2. The van der Waals surface area contributed by atoms with Crippen LogP contribution in [0.3, 0.4) is 0 Å². The minimum Gasteiger partial charge on any atom is -0.402 e. The predicted molar refractivity (Wildman–Crippen MR) is 125 cm³/mol. The standard InChI is InChI=1S/C13H15F3N4O.C11H20N2/c1-7(2)3-11-18-6-9(20-11)8-4-10(12(17)19-5-8)21-13(14,15)16;1-12-2-4-13(5-3-12)11-7-9-6-10(9)8-11/h4-7H,3H2,1-2H3,(H2,17,19)(H,18,20);9-11H,2-8H2,1H3/t;9-,10?,11?/m.0/s1. The number of aromatic nitrogens is 3. The van der Waals surface area contributed by atoms with Gasteiger partial charge in [-0.3, -0.25) is 4.90 Å². The van der Waals surface area contributed by atoms with Gasteiger partial charge in [-0.15, -0.1) is 13.2 Å². The van der Waals surface area contributed by atoms with E-state index in [1.165, 1.54) is 51.3 Å². The second-order valence-corrected chi connectivity index (χ2v) is 10.2. The summed E-state index contributed by atoms with van der Waals surface area (Å²) in [6.07, 6.45) is 3.44. The molecular weight excluding hydrogens is 445 g/mol. The first-order valence-electron chi connectivity index (χ1n) is 12.1. The summed E-state index contributed by atoms with van der Waals surface area (Å²) in [5.74, 6) is 2.61. The Morgan fingerprint density at radius 3 is 2.38 bits per heavy atom. The molecule has 2 saturated carbocycles. The van der Waals surface area contributed by atoms with E-state index in [0.29, 0.717) is 17.2 Å². The molecule has 1 aliphatic heterocycles. The van der Waals surface area contributed by atoms with E-state index in [0.717, 1.165) is 30.1 Å². The fraction of sp³-hybridized carbons (Fsp3) is 0.667. The van der Waals surface area contributed by atoms with E-state index in [9.17, 15) is 13.2 Å². The molecule has 0 bridgehead atoms. The van der Waals surface area contributed by atoms with Crippen molar-refractivity contribution in [3.8, 4) is 17.0 Å². The van der Waals surface area contributed by atoms with E-state index < -0.39 is 12.1 Å². The van der Waals surface area contributed by atoms with E-state index in [4.69, 9.17) is 5.73 Å². The number of H-pyrrole nitrogens is 1. The summed E-state index contributed by atoms with van der Waals surface area (Å²) in [6.45, 7) is 9.30. The van der Waals surface area contributed by atoms with Gasteiger partial charge in [-0.1, -0.05) is 13.8 Å². The highest BCUT2D eigenvalue weighted by atomic mass is 19.4. The van der Waals surface area contributed by atoms with Gasteiger partial charge in [0.1, 0.15) is 5.82 Å². The van der Waals surface area contributed by atoms with E-state index >= 15 is 0 Å². The first-order valence-corrected chi connectivity index (χ1v) is 12.1. The number of anilines is 1. The predicted octanol–water partition coefficient (Wildman–Crippen LogP) is 4.18. The Labute approximate surface area is 198 Å². The second-order valence-electron chi connectivity index (χ2n) is 10.2. The number of fused-ring (bicyclic) bond motifs is 1. The van der Waals surface area contributed by atoms with Crippen LogP contribution in [0, 0.1) is 17.8 Å². The first kappa shape index (κ1) is 24.8. The molecule has 0 amide bonds. The lowest BCUT2D eigenvalue weighted by Gasteiger charge is -2.37. The van der Waals surface area contributed by atoms with Gasteiger partial charge in [0.25, 0.3) is 0 Å². The third-order valence-corrected chi connectivity index (χ3v) is 6.92. The zero-order valence-electron chi connectivity index (χ0n) is 20.1. The molecule has 3 N–H and O–H groups in total. The minimum atomic E-state index is -4.81. The maximum atomic E-state index is 12.3. The van der Waals surface area contributed by atoms with Crippen LogP contribution in [0.15, 0.2) is 18.5 Å². The van der Waals surface area contributed by atoms with Crippen molar-refractivity contribution in [1.82, 2.24) is 24.8 Å². The van der Waals surface area contributed by atoms with Gasteiger partial charge in [0.05, 0.1) is 11.9 Å². The van der Waals surface area contributed by atoms with Gasteiger partial charge in [0.2, 0.25) is 0 Å². The molecule has 2 aromatic heterocycles. The summed E-state index contributed by atoms with van der Waals surface area (Å²) in [5, 5.41) is 0. The summed E-state index contributed by atoms with van der Waals surface area (Å²) in [5.41, 5.74) is 6.37. The number of alkyl halides is 3. The highest BCUT2D eigenvalue weighted by molar-refractivity contribution is 5.63. The number of pyridine rings is 1. The number of imidazole rings is 1. The molecule has 7 nitrogen and oxygen atoms in total. The van der Waals surface area contributed by atoms with Gasteiger partial charge in [0, 0.05) is 50.4 Å². The molecule has 3 fully saturated rings. The molecule has 3 heterocycles. The molecular formula is C24H35F3N6O. The zero-order valence-corrected chi connectivity index (χ0v) is 20.1. The molecule has 0 aromatic carbocycles. The number of likely N-dealkylation sites (N-methyl/N-ethyl adjacent to an activating group) is 1. The Bertz CT molecular complexity index is 944. The maximum absolute atomic E-state index is 12.3. The first-order chi connectivity index (χ1) is 16.1. The summed E-state index contributed by atoms with van der Waals surface area (Å²) in [6, 6.07) is 2.15. The molecule has 2 aliphatic carbocycles. The van der Waals surface area contributed by atoms with Crippen LogP contribution in [0.25, 0.3) is 11.3 Å². The molecule has 5 rings (SSSR count). The van der Waals surface area contributed by atoms with Crippen molar-refractivity contribution in [3.05, 3.63) is 24.3 Å². The van der Waals surface area contributed by atoms with Crippen molar-refractivity contribution in [2.75, 3.05) is 39.0 Å². The average molecular weight is 481 g/mol. The number of ether oxygens (including phenoxy) is 1. The van der Waals surface area contributed by atoms with Crippen molar-refractivity contribution in [1.29, 1.82) is 0 Å². The van der Waals surface area contributed by atoms with Crippen molar-refractivity contribution in [2.45, 2.75) is 51.9 Å². The largest absolute Gasteiger partial charge is 0.573 e. The number of nitrogen functional groups attached to an aromatic ring is 1. The zero-order chi connectivity index (χ0) is 24.5. The number of nitrogens with one attached hydrogen (secondary N) is 1. The number of halogens is 3. The van der Waals surface area contributed by atoms with Crippen LogP contribution < -0.4 is 10.5 Å². The third-order valence-electron chi connectivity index (χ3n) is 6.92. The van der Waals surface area contributed by atoms with Crippen molar-refractivity contribution < 1.29 is 17.9 Å². The number of rotatable bonds is 5. The van der Waals surface area contributed by atoms with E-state index in [1.807, 2.05) is 13.8 Å². The normalized spacial score (nSPS) is 25.1. The number of nitrogens with two attached hydrogens (primary N) is 1. The molecule has 1 saturated heterocycles. The fourth-order valence-electron chi connectivity index (χ4n) is 4.98. The second kappa shape index (κ2) is 10.1. The monoisotopic (exact) mass is 480 g/mol. The van der Waals surface area contributed by atoms with Gasteiger partial charge in [-0.25, -0.2) is 9.97 Å². The van der Waals surface area contributed by atoms with E-state index in [-0.39, 0.29) is 5.82 Å². The summed E-state index contributed by atoms with van der Waals surface area (Å²) < 4.78 is 40.7. The average Bonchev–Trinajstić information content (AvgIpc) is 3.14. The molecule has 2 aromatic rings. The summed E-state index contributed by atoms with van der Waals surface area (Å²) in [7, 11) is 2.24. The third kappa shape index (κ3) is 6.63. The molecule has 2 unspecified atom stereocenters. The van der Waals surface area contributed by atoms with Crippen LogP contribution in [0.2, 0.25) is 0 Å². The van der Waals surface area contributed by atoms with Crippen LogP contribution >= 0.6 is 0 Å². The molecule has 3 aliphatic rings. The summed E-state index contributed by atoms with van der Waals surface area (Å²) >= 11 is 0. The lowest BCUT2D eigenvalue weighted by molar-refractivity contribution is -0.274. The Balaban J connectivity index is 0.000000178. The summed E-state index contributed by atoms with van der Waals surface area (Å²) in [4.78, 5) is 16.1. The van der Waals surface area contributed by atoms with Crippen LogP contribution in [0.5, 0.6) is 5.75 Å². The quantitative estimate of drug-likeness (QED) is 0.668. The Morgan fingerprint density at radius 2 is 1.76 bits per heavy atom. The number of hydrogen-bond acceptors (Lipinski definition) is 6. The van der Waals surface area contributed by atoms with Crippen molar-refractivity contribution in [2.24, 2.45) is 17.8 Å². The highest BCUT2D eigenvalue weighted by Crippen LogP contribution is 2.53. The Morgan fingerprint density at radius 1 is 1.09 bits per heavy atom. The van der Waals surface area contributed by atoms with Gasteiger partial charge in [-0.2, -0.15) is 0 Å². The topological polar surface area (TPSA) is 83.3 Å². The molecule has 188 valence electrons. The van der Waals surface area contributed by atoms with Crippen LogP contribution in [-0.2, 0) is 6.42 Å². The molecule has 0 spiro atoms. The molecule has 0 radical (unpaired) electrons. The van der Waals surface area contributed by atoms with E-state index in [2.05, 4.69) is 36.5 Å². The number of nitrogens with zero attached hydrogens (tertiary/aromatic N) is 4. The van der Waals surface area contributed by atoms with Crippen molar-refractivity contribution >= 4 is 5.82 Å². The molecule has 10 heteroatoms. The highest BCUT2D eigenvalue weighted by Gasteiger charge is 2.47.